The van der Waals surface area contributed by atoms with Crippen LogP contribution in [0.3, 0.4) is 0 Å². The molecule has 0 bridgehead atoms. The molecule has 5 rings (SSSR count). The van der Waals surface area contributed by atoms with E-state index >= 15 is 0 Å². The summed E-state index contributed by atoms with van der Waals surface area (Å²) in [5.74, 6) is 1.31. The Labute approximate surface area is 223 Å². The van der Waals surface area contributed by atoms with Gasteiger partial charge in [0.2, 0.25) is 0 Å². The minimum Gasteiger partial charge on any atom is -0.489 e. The maximum atomic E-state index is 13.7. The van der Waals surface area contributed by atoms with E-state index in [2.05, 4.69) is 23.2 Å². The van der Waals surface area contributed by atoms with Gasteiger partial charge in [0.15, 0.2) is 5.50 Å². The van der Waals surface area contributed by atoms with Gasteiger partial charge in [-0.2, -0.15) is 5.26 Å². The van der Waals surface area contributed by atoms with Crippen molar-refractivity contribution in [3.05, 3.63) is 100 Å². The van der Waals surface area contributed by atoms with Gasteiger partial charge in [-0.05, 0) is 60.7 Å². The number of thioether (sulfide) groups is 1. The highest BCUT2D eigenvalue weighted by Crippen LogP contribution is 2.42. The molecule has 1 saturated carbocycles. The Morgan fingerprint density at radius 2 is 1.76 bits per heavy atom. The number of amides is 1. The summed E-state index contributed by atoms with van der Waals surface area (Å²) in [5, 5.41) is 12.9. The van der Waals surface area contributed by atoms with Crippen LogP contribution in [0.15, 0.2) is 83.8 Å². The Morgan fingerprint density at radius 1 is 1.03 bits per heavy atom. The van der Waals surface area contributed by atoms with Crippen LogP contribution in [0.25, 0.3) is 6.08 Å². The predicted octanol–water partition coefficient (Wildman–Crippen LogP) is 7.03. The largest absolute Gasteiger partial charge is 0.489 e. The number of hydrogen-bond acceptors (Lipinski definition) is 5. The molecule has 1 unspecified atom stereocenters. The Morgan fingerprint density at radius 3 is 2.51 bits per heavy atom. The first-order valence-corrected chi connectivity index (χ1v) is 13.7. The quantitative estimate of drug-likeness (QED) is 0.347. The molecule has 3 aromatic rings. The molecular formula is C31H31N3O2S. The molecule has 5 nitrogen and oxygen atoms in total. The smallest absolute Gasteiger partial charge is 0.262 e. The molecule has 1 amide bonds. The van der Waals surface area contributed by atoms with Crippen LogP contribution in [0.4, 0.5) is 5.69 Å². The summed E-state index contributed by atoms with van der Waals surface area (Å²) >= 11 is 1.59. The lowest BCUT2D eigenvalue weighted by atomic mass is 9.85. The van der Waals surface area contributed by atoms with Crippen molar-refractivity contribution in [2.45, 2.75) is 50.8 Å². The number of carbonyl (C=O) groups excluding carboxylic acids is 1. The first kappa shape index (κ1) is 25.0. The maximum Gasteiger partial charge on any atom is 0.262 e. The van der Waals surface area contributed by atoms with E-state index in [1.807, 2.05) is 78.9 Å². The van der Waals surface area contributed by atoms with Crippen LogP contribution in [0.5, 0.6) is 5.75 Å². The zero-order valence-corrected chi connectivity index (χ0v) is 21.8. The molecule has 1 aliphatic heterocycles. The Hall–Kier alpha value is -3.69. The molecule has 0 radical (unpaired) electrons. The number of nitriles is 1. The van der Waals surface area contributed by atoms with Gasteiger partial charge < -0.3 is 15.0 Å². The highest BCUT2D eigenvalue weighted by molar-refractivity contribution is 8.05. The predicted molar refractivity (Wildman–Crippen MR) is 150 cm³/mol. The molecule has 37 heavy (non-hydrogen) atoms. The Kier molecular flexibility index (Phi) is 7.82. The van der Waals surface area contributed by atoms with Crippen molar-refractivity contribution in [3.63, 3.8) is 0 Å². The summed E-state index contributed by atoms with van der Waals surface area (Å²) in [5.41, 5.74) is 3.32. The van der Waals surface area contributed by atoms with Crippen LogP contribution < -0.4 is 10.1 Å². The van der Waals surface area contributed by atoms with Crippen molar-refractivity contribution >= 4 is 29.4 Å². The third kappa shape index (κ3) is 5.84. The van der Waals surface area contributed by atoms with E-state index in [-0.39, 0.29) is 17.4 Å². The lowest BCUT2D eigenvalue weighted by molar-refractivity contribution is -0.129. The Bertz CT molecular complexity index is 1300. The van der Waals surface area contributed by atoms with Crippen molar-refractivity contribution in [1.29, 1.82) is 5.26 Å². The molecule has 1 saturated heterocycles. The molecule has 2 fully saturated rings. The molecule has 3 aromatic carbocycles. The van der Waals surface area contributed by atoms with Crippen LogP contribution in [-0.4, -0.2) is 22.3 Å². The van der Waals surface area contributed by atoms with E-state index in [9.17, 15) is 10.1 Å². The number of para-hydroxylation sites is 1. The number of rotatable bonds is 7. The molecule has 0 aromatic heterocycles. The fourth-order valence-electron chi connectivity index (χ4n) is 5.10. The summed E-state index contributed by atoms with van der Waals surface area (Å²) in [6, 6.07) is 27.8. The van der Waals surface area contributed by atoms with Crippen LogP contribution >= 0.6 is 11.8 Å². The number of nitrogens with zero attached hydrogens (tertiary/aromatic N) is 2. The number of anilines is 1. The van der Waals surface area contributed by atoms with E-state index in [4.69, 9.17) is 4.74 Å². The fraction of sp³-hybridized carbons (Fsp3) is 0.290. The molecule has 3 atom stereocenters. The second-order valence-corrected chi connectivity index (χ2v) is 10.8. The van der Waals surface area contributed by atoms with Crippen LogP contribution in [0, 0.1) is 17.2 Å². The monoisotopic (exact) mass is 509 g/mol. The molecule has 2 aliphatic rings. The maximum absolute atomic E-state index is 13.7. The van der Waals surface area contributed by atoms with Crippen molar-refractivity contribution in [3.8, 4) is 11.8 Å². The first-order chi connectivity index (χ1) is 18.1. The second-order valence-electron chi connectivity index (χ2n) is 9.66. The number of nitrogens with one attached hydrogen (secondary N) is 1. The lowest BCUT2D eigenvalue weighted by Crippen LogP contribution is -2.48. The molecule has 1 N–H and O–H groups in total. The second kappa shape index (κ2) is 11.6. The van der Waals surface area contributed by atoms with Gasteiger partial charge in [-0.3, -0.25) is 4.79 Å². The molecular weight excluding hydrogens is 478 g/mol. The van der Waals surface area contributed by atoms with E-state index in [1.54, 1.807) is 17.8 Å². The summed E-state index contributed by atoms with van der Waals surface area (Å²) in [4.78, 5) is 16.5. The van der Waals surface area contributed by atoms with Crippen LogP contribution in [0.2, 0.25) is 0 Å². The van der Waals surface area contributed by atoms with Crippen molar-refractivity contribution in [1.82, 2.24) is 4.90 Å². The normalized spacial score (nSPS) is 22.6. The summed E-state index contributed by atoms with van der Waals surface area (Å²) in [7, 11) is 0. The summed E-state index contributed by atoms with van der Waals surface area (Å²) in [6.07, 6.45) is 6.60. The van der Waals surface area contributed by atoms with Gasteiger partial charge in [0.05, 0.1) is 16.5 Å². The van der Waals surface area contributed by atoms with Crippen molar-refractivity contribution in [2.75, 3.05) is 5.32 Å². The average Bonchev–Trinajstić information content (AvgIpc) is 3.23. The van der Waals surface area contributed by atoms with Gasteiger partial charge in [-0.15, -0.1) is 0 Å². The van der Waals surface area contributed by atoms with E-state index in [0.717, 1.165) is 40.3 Å². The minimum absolute atomic E-state index is 0.102. The third-order valence-corrected chi connectivity index (χ3v) is 8.25. The summed E-state index contributed by atoms with van der Waals surface area (Å²) in [6.45, 7) is 2.61. The van der Waals surface area contributed by atoms with Gasteiger partial charge in [0, 0.05) is 17.3 Å². The first-order valence-electron chi connectivity index (χ1n) is 12.9. The van der Waals surface area contributed by atoms with Gasteiger partial charge in [-0.1, -0.05) is 80.1 Å². The lowest BCUT2D eigenvalue weighted by Gasteiger charge is -2.39. The van der Waals surface area contributed by atoms with Crippen molar-refractivity contribution < 1.29 is 9.53 Å². The standard InChI is InChI=1S/C31H31N3O2S/c1-22-9-5-8-14-28(22)34-30(35)29(37-31(34)33-26-12-3-2-4-13-26)19-23-15-17-27(18-16-23)36-21-25-11-7-6-10-24(25)20-32/h2-4,6-7,10-13,15-19,22,28,31,33H,5,8-9,14,21H2,1H3/b29-19-/t22-,28+,31?/m1/s1. The number of hydrogen-bond donors (Lipinski definition) is 1. The Balaban J connectivity index is 1.32. The highest BCUT2D eigenvalue weighted by atomic mass is 32.2. The molecule has 1 aliphatic carbocycles. The topological polar surface area (TPSA) is 65.4 Å². The van der Waals surface area contributed by atoms with Gasteiger partial charge in [-0.25, -0.2) is 0 Å². The number of carbonyl (C=O) groups is 1. The van der Waals surface area contributed by atoms with Gasteiger partial charge in [0.1, 0.15) is 12.4 Å². The van der Waals surface area contributed by atoms with Gasteiger partial charge >= 0.3 is 0 Å². The van der Waals surface area contributed by atoms with E-state index in [0.29, 0.717) is 18.1 Å². The zero-order chi connectivity index (χ0) is 25.6. The number of ether oxygens (including phenoxy) is 1. The van der Waals surface area contributed by atoms with E-state index < -0.39 is 0 Å². The third-order valence-electron chi connectivity index (χ3n) is 7.13. The molecule has 0 spiro atoms. The van der Waals surface area contributed by atoms with Crippen molar-refractivity contribution in [2.24, 2.45) is 5.92 Å². The average molecular weight is 510 g/mol. The SMILES string of the molecule is C[C@@H]1CCCC[C@@H]1N1C(=O)/C(=C/c2ccc(OCc3ccccc3C#N)cc2)SC1Nc1ccccc1. The number of benzene rings is 3. The molecule has 1 heterocycles. The fourth-order valence-corrected chi connectivity index (χ4v) is 6.31. The highest BCUT2D eigenvalue weighted by Gasteiger charge is 2.42. The summed E-state index contributed by atoms with van der Waals surface area (Å²) < 4.78 is 5.91. The van der Waals surface area contributed by atoms with E-state index in [1.165, 1.54) is 12.8 Å². The molecule has 6 heteroatoms. The minimum atomic E-state index is -0.130. The molecule has 188 valence electrons. The van der Waals surface area contributed by atoms with Crippen LogP contribution in [-0.2, 0) is 11.4 Å². The zero-order valence-electron chi connectivity index (χ0n) is 21.0. The van der Waals surface area contributed by atoms with Gasteiger partial charge in [0.25, 0.3) is 5.91 Å². The van der Waals surface area contributed by atoms with Crippen LogP contribution in [0.1, 0.15) is 49.3 Å².